The van der Waals surface area contributed by atoms with E-state index in [2.05, 4.69) is 55.3 Å². The Morgan fingerprint density at radius 2 is 1.96 bits per heavy atom. The number of benzene rings is 1. The molecule has 3 rings (SSSR count). The summed E-state index contributed by atoms with van der Waals surface area (Å²) in [6, 6.07) is 8.76. The Labute approximate surface area is 157 Å². The zero-order chi connectivity index (χ0) is 18.5. The third-order valence-electron chi connectivity index (χ3n) is 5.22. The maximum atomic E-state index is 12.3. The number of urea groups is 1. The van der Waals surface area contributed by atoms with Gasteiger partial charge in [0, 0.05) is 39.3 Å². The standard InChI is InChI=1S/C21H33N3O2/c1-16(2)12-23-8-9-26-20(15-23)11-22-21(25)24-13-19(14-24)10-18-6-4-17(3)5-7-18/h4-7,16,19-20H,8-15H2,1-3H3,(H,22,25). The lowest BCUT2D eigenvalue weighted by Crippen LogP contribution is -2.56. The number of aryl methyl sites for hydroxylation is 1. The summed E-state index contributed by atoms with van der Waals surface area (Å²) in [5, 5.41) is 3.06. The van der Waals surface area contributed by atoms with E-state index in [9.17, 15) is 4.79 Å². The van der Waals surface area contributed by atoms with Crippen LogP contribution in [0.4, 0.5) is 4.79 Å². The quantitative estimate of drug-likeness (QED) is 0.849. The van der Waals surface area contributed by atoms with Crippen molar-refractivity contribution in [3.63, 3.8) is 0 Å². The van der Waals surface area contributed by atoms with Gasteiger partial charge in [-0.2, -0.15) is 0 Å². The fourth-order valence-electron chi connectivity index (χ4n) is 3.82. The van der Waals surface area contributed by atoms with E-state index in [-0.39, 0.29) is 12.1 Å². The maximum absolute atomic E-state index is 12.3. The molecule has 1 N–H and O–H groups in total. The van der Waals surface area contributed by atoms with E-state index in [1.54, 1.807) is 0 Å². The lowest BCUT2D eigenvalue weighted by molar-refractivity contribution is -0.0298. The first kappa shape index (κ1) is 19.2. The van der Waals surface area contributed by atoms with Gasteiger partial charge < -0.3 is 15.0 Å². The molecule has 1 aromatic carbocycles. The fourth-order valence-corrected chi connectivity index (χ4v) is 3.82. The minimum absolute atomic E-state index is 0.0507. The minimum atomic E-state index is 0.0507. The third kappa shape index (κ3) is 5.45. The van der Waals surface area contributed by atoms with E-state index in [0.29, 0.717) is 18.4 Å². The summed E-state index contributed by atoms with van der Waals surface area (Å²) in [7, 11) is 0. The highest BCUT2D eigenvalue weighted by Gasteiger charge is 2.31. The van der Waals surface area contributed by atoms with Crippen LogP contribution in [0.1, 0.15) is 25.0 Å². The first-order chi connectivity index (χ1) is 12.5. The zero-order valence-electron chi connectivity index (χ0n) is 16.4. The summed E-state index contributed by atoms with van der Waals surface area (Å²) in [6.07, 6.45) is 1.16. The number of nitrogens with one attached hydrogen (secondary N) is 1. The number of carbonyl (C=O) groups is 1. The van der Waals surface area contributed by atoms with Crippen molar-refractivity contribution in [2.45, 2.75) is 33.3 Å². The molecule has 0 bridgehead atoms. The van der Waals surface area contributed by atoms with Crippen molar-refractivity contribution < 1.29 is 9.53 Å². The topological polar surface area (TPSA) is 44.8 Å². The van der Waals surface area contributed by atoms with Gasteiger partial charge in [-0.1, -0.05) is 43.7 Å². The number of carbonyl (C=O) groups excluding carboxylic acids is 1. The van der Waals surface area contributed by atoms with Gasteiger partial charge in [0.15, 0.2) is 0 Å². The molecule has 2 aliphatic rings. The summed E-state index contributed by atoms with van der Waals surface area (Å²) in [5.41, 5.74) is 2.65. The van der Waals surface area contributed by atoms with Crippen molar-refractivity contribution >= 4 is 6.03 Å². The zero-order valence-corrected chi connectivity index (χ0v) is 16.4. The average Bonchev–Trinajstić information content (AvgIpc) is 2.57. The molecule has 2 heterocycles. The number of amides is 2. The molecule has 0 radical (unpaired) electrons. The third-order valence-corrected chi connectivity index (χ3v) is 5.22. The second-order valence-electron chi connectivity index (χ2n) is 8.29. The fraction of sp³-hybridized carbons (Fsp3) is 0.667. The molecule has 5 nitrogen and oxygen atoms in total. The van der Waals surface area contributed by atoms with Crippen molar-refractivity contribution in [2.75, 3.05) is 45.9 Å². The summed E-state index contributed by atoms with van der Waals surface area (Å²) in [5.74, 6) is 1.24. The normalized spacial score (nSPS) is 21.7. The van der Waals surface area contributed by atoms with Crippen molar-refractivity contribution in [1.82, 2.24) is 15.1 Å². The summed E-state index contributed by atoms with van der Waals surface area (Å²) < 4.78 is 5.81. The van der Waals surface area contributed by atoms with Crippen LogP contribution in [0.3, 0.4) is 0 Å². The second kappa shape index (κ2) is 8.87. The molecule has 0 saturated carbocycles. The van der Waals surface area contributed by atoms with Gasteiger partial charge in [-0.05, 0) is 30.7 Å². The van der Waals surface area contributed by atoms with E-state index in [4.69, 9.17) is 4.74 Å². The number of hydrogen-bond donors (Lipinski definition) is 1. The molecule has 2 amide bonds. The number of nitrogens with zero attached hydrogens (tertiary/aromatic N) is 2. The minimum Gasteiger partial charge on any atom is -0.374 e. The van der Waals surface area contributed by atoms with E-state index in [0.717, 1.165) is 45.8 Å². The van der Waals surface area contributed by atoms with Crippen molar-refractivity contribution in [3.8, 4) is 0 Å². The lowest BCUT2D eigenvalue weighted by Gasteiger charge is -2.40. The number of likely N-dealkylation sites (tertiary alicyclic amines) is 1. The first-order valence-corrected chi connectivity index (χ1v) is 9.92. The molecule has 1 aromatic rings. The summed E-state index contributed by atoms with van der Waals surface area (Å²) in [4.78, 5) is 16.7. The summed E-state index contributed by atoms with van der Waals surface area (Å²) >= 11 is 0. The maximum Gasteiger partial charge on any atom is 0.317 e. The van der Waals surface area contributed by atoms with Crippen molar-refractivity contribution in [1.29, 1.82) is 0 Å². The van der Waals surface area contributed by atoms with Crippen LogP contribution in [0.5, 0.6) is 0 Å². The van der Waals surface area contributed by atoms with Crippen LogP contribution in [0.2, 0.25) is 0 Å². The Kier molecular flexibility index (Phi) is 6.54. The van der Waals surface area contributed by atoms with Gasteiger partial charge in [-0.3, -0.25) is 4.90 Å². The number of rotatable bonds is 6. The van der Waals surface area contributed by atoms with Crippen LogP contribution in [-0.2, 0) is 11.2 Å². The first-order valence-electron chi connectivity index (χ1n) is 9.92. The molecular weight excluding hydrogens is 326 g/mol. The highest BCUT2D eigenvalue weighted by molar-refractivity contribution is 5.75. The molecule has 5 heteroatoms. The summed E-state index contributed by atoms with van der Waals surface area (Å²) in [6.45, 7) is 12.7. The Morgan fingerprint density at radius 3 is 2.65 bits per heavy atom. The molecular formula is C21H33N3O2. The molecule has 0 aliphatic carbocycles. The van der Waals surface area contributed by atoms with Gasteiger partial charge in [0.1, 0.15) is 0 Å². The van der Waals surface area contributed by atoms with E-state index < -0.39 is 0 Å². The molecule has 1 atom stereocenters. The molecule has 0 aromatic heterocycles. The van der Waals surface area contributed by atoms with Crippen LogP contribution >= 0.6 is 0 Å². The predicted octanol–water partition coefficient (Wildman–Crippen LogP) is 2.54. The van der Waals surface area contributed by atoms with Crippen molar-refractivity contribution in [3.05, 3.63) is 35.4 Å². The largest absolute Gasteiger partial charge is 0.374 e. The van der Waals surface area contributed by atoms with E-state index in [1.807, 2.05) is 4.90 Å². The van der Waals surface area contributed by atoms with Crippen LogP contribution in [-0.4, -0.2) is 67.8 Å². The molecule has 144 valence electrons. The van der Waals surface area contributed by atoms with Crippen LogP contribution in [0.25, 0.3) is 0 Å². The Hall–Kier alpha value is -1.59. The van der Waals surface area contributed by atoms with Gasteiger partial charge in [-0.15, -0.1) is 0 Å². The van der Waals surface area contributed by atoms with Crippen molar-refractivity contribution in [2.24, 2.45) is 11.8 Å². The number of morpholine rings is 1. The highest BCUT2D eigenvalue weighted by atomic mass is 16.5. The number of ether oxygens (including phenoxy) is 1. The smallest absolute Gasteiger partial charge is 0.317 e. The Bertz CT molecular complexity index is 581. The van der Waals surface area contributed by atoms with E-state index >= 15 is 0 Å². The molecule has 2 saturated heterocycles. The molecule has 0 spiro atoms. The van der Waals surface area contributed by atoms with Gasteiger partial charge in [0.2, 0.25) is 0 Å². The van der Waals surface area contributed by atoms with Gasteiger partial charge >= 0.3 is 6.03 Å². The molecule has 26 heavy (non-hydrogen) atoms. The van der Waals surface area contributed by atoms with Gasteiger partial charge in [0.25, 0.3) is 0 Å². The monoisotopic (exact) mass is 359 g/mol. The second-order valence-corrected chi connectivity index (χ2v) is 8.29. The van der Waals surface area contributed by atoms with Gasteiger partial charge in [-0.25, -0.2) is 4.79 Å². The van der Waals surface area contributed by atoms with Gasteiger partial charge in [0.05, 0.1) is 12.7 Å². The Balaban J connectivity index is 1.34. The van der Waals surface area contributed by atoms with E-state index in [1.165, 1.54) is 11.1 Å². The Morgan fingerprint density at radius 1 is 1.23 bits per heavy atom. The highest BCUT2D eigenvalue weighted by Crippen LogP contribution is 2.20. The van der Waals surface area contributed by atoms with Crippen LogP contribution in [0.15, 0.2) is 24.3 Å². The van der Waals surface area contributed by atoms with Crippen LogP contribution < -0.4 is 5.32 Å². The predicted molar refractivity (Wildman–Crippen MR) is 104 cm³/mol. The van der Waals surface area contributed by atoms with Crippen LogP contribution in [0, 0.1) is 18.8 Å². The lowest BCUT2D eigenvalue weighted by atomic mass is 9.92. The molecule has 1 unspecified atom stereocenters. The SMILES string of the molecule is Cc1ccc(CC2CN(C(=O)NCC3CN(CC(C)C)CCO3)C2)cc1. The average molecular weight is 360 g/mol. The molecule has 2 aliphatic heterocycles. The molecule has 2 fully saturated rings. The number of hydrogen-bond acceptors (Lipinski definition) is 3.